The number of aromatic nitrogens is 5. The van der Waals surface area contributed by atoms with Crippen LogP contribution in [0.3, 0.4) is 0 Å². The lowest BCUT2D eigenvalue weighted by molar-refractivity contribution is 0.101. The fraction of sp³-hybridized carbons (Fsp3) is 0. The molecule has 0 spiro atoms. The number of anilines is 1. The second kappa shape index (κ2) is 5.80. The van der Waals surface area contributed by atoms with Crippen LogP contribution >= 0.6 is 0 Å². The highest BCUT2D eigenvalue weighted by Gasteiger charge is 2.16. The molecule has 9 heteroatoms. The molecule has 118 valence electrons. The Morgan fingerprint density at radius 2 is 2.12 bits per heavy atom. The van der Waals surface area contributed by atoms with Gasteiger partial charge in [-0.2, -0.15) is 5.10 Å². The third-order valence-electron chi connectivity index (χ3n) is 3.14. The second-order valence-corrected chi connectivity index (χ2v) is 4.72. The van der Waals surface area contributed by atoms with Gasteiger partial charge in [0.25, 0.3) is 5.91 Å². The Hall–Kier alpha value is -3.75. The monoisotopic (exact) mass is 322 g/mol. The molecule has 0 aliphatic heterocycles. The van der Waals surface area contributed by atoms with Crippen LogP contribution in [-0.4, -0.2) is 30.8 Å². The molecule has 0 aliphatic carbocycles. The van der Waals surface area contributed by atoms with Crippen molar-refractivity contribution in [1.82, 2.24) is 24.9 Å². The molecule has 0 atom stereocenters. The lowest BCUT2D eigenvalue weighted by Crippen LogP contribution is -2.14. The van der Waals surface area contributed by atoms with E-state index in [1.807, 2.05) is 0 Å². The van der Waals surface area contributed by atoms with Gasteiger partial charge >= 0.3 is 0 Å². The fourth-order valence-corrected chi connectivity index (χ4v) is 2.04. The standard InChI is InChI=1S/C15H10N6O3/c22-15(10-7-12(24-20-10)11-3-1-6-23-11)19-13-8-14(17-9-16-13)21-5-2-4-18-21/h1-9H,(H,16,17,19,22). The Morgan fingerprint density at radius 3 is 2.92 bits per heavy atom. The number of furan rings is 1. The summed E-state index contributed by atoms with van der Waals surface area (Å²) in [6, 6.07) is 8.28. The molecule has 0 saturated heterocycles. The maximum atomic E-state index is 12.2. The predicted octanol–water partition coefficient (Wildman–Crippen LogP) is 2.16. The van der Waals surface area contributed by atoms with Gasteiger partial charge in [-0.25, -0.2) is 14.6 Å². The van der Waals surface area contributed by atoms with Gasteiger partial charge < -0.3 is 14.3 Å². The van der Waals surface area contributed by atoms with E-state index in [1.54, 1.807) is 41.3 Å². The van der Waals surface area contributed by atoms with Crippen LogP contribution in [0.4, 0.5) is 5.82 Å². The van der Waals surface area contributed by atoms with Gasteiger partial charge in [-0.05, 0) is 18.2 Å². The number of hydrogen-bond acceptors (Lipinski definition) is 7. The van der Waals surface area contributed by atoms with Crippen molar-refractivity contribution in [2.45, 2.75) is 0 Å². The van der Waals surface area contributed by atoms with Crippen molar-refractivity contribution in [2.75, 3.05) is 5.32 Å². The molecule has 1 N–H and O–H groups in total. The van der Waals surface area contributed by atoms with Gasteiger partial charge in [0, 0.05) is 24.5 Å². The first kappa shape index (κ1) is 13.9. The van der Waals surface area contributed by atoms with E-state index < -0.39 is 5.91 Å². The summed E-state index contributed by atoms with van der Waals surface area (Å²) in [7, 11) is 0. The molecule has 24 heavy (non-hydrogen) atoms. The fourth-order valence-electron chi connectivity index (χ4n) is 2.04. The average Bonchev–Trinajstić information content (AvgIpc) is 3.36. The SMILES string of the molecule is O=C(Nc1cc(-n2cccn2)ncn1)c1cc(-c2ccco2)on1. The Morgan fingerprint density at radius 1 is 1.17 bits per heavy atom. The predicted molar refractivity (Wildman–Crippen MR) is 81.3 cm³/mol. The minimum Gasteiger partial charge on any atom is -0.461 e. The van der Waals surface area contributed by atoms with Gasteiger partial charge in [-0.1, -0.05) is 5.16 Å². The van der Waals surface area contributed by atoms with E-state index in [0.29, 0.717) is 23.2 Å². The van der Waals surface area contributed by atoms with E-state index in [9.17, 15) is 4.79 Å². The zero-order valence-corrected chi connectivity index (χ0v) is 12.2. The second-order valence-electron chi connectivity index (χ2n) is 4.72. The smallest absolute Gasteiger partial charge is 0.279 e. The van der Waals surface area contributed by atoms with Crippen LogP contribution in [0.15, 0.2) is 64.3 Å². The normalized spacial score (nSPS) is 10.7. The molecule has 4 aromatic rings. The van der Waals surface area contributed by atoms with Crippen LogP contribution in [0.1, 0.15) is 10.5 Å². The van der Waals surface area contributed by atoms with E-state index >= 15 is 0 Å². The Labute approximate surface area is 134 Å². The van der Waals surface area contributed by atoms with Crippen LogP contribution in [0.5, 0.6) is 0 Å². The molecule has 0 bridgehead atoms. The quantitative estimate of drug-likeness (QED) is 0.612. The molecule has 0 radical (unpaired) electrons. The van der Waals surface area contributed by atoms with Gasteiger partial charge in [0.2, 0.25) is 5.76 Å². The third-order valence-corrected chi connectivity index (χ3v) is 3.14. The summed E-state index contributed by atoms with van der Waals surface area (Å²) in [5.41, 5.74) is 0.112. The first-order valence-electron chi connectivity index (χ1n) is 6.93. The summed E-state index contributed by atoms with van der Waals surface area (Å²) in [6.45, 7) is 0. The van der Waals surface area contributed by atoms with Crippen molar-refractivity contribution in [3.05, 3.63) is 61.0 Å². The average molecular weight is 322 g/mol. The lowest BCUT2D eigenvalue weighted by atomic mass is 10.3. The number of carbonyl (C=O) groups excluding carboxylic acids is 1. The Kier molecular flexibility index (Phi) is 3.35. The lowest BCUT2D eigenvalue weighted by Gasteiger charge is -2.04. The first-order chi connectivity index (χ1) is 11.8. The van der Waals surface area contributed by atoms with Gasteiger partial charge in [0.15, 0.2) is 17.3 Å². The van der Waals surface area contributed by atoms with Crippen LogP contribution < -0.4 is 5.32 Å². The number of nitrogens with zero attached hydrogens (tertiary/aromatic N) is 5. The van der Waals surface area contributed by atoms with E-state index in [0.717, 1.165) is 0 Å². The van der Waals surface area contributed by atoms with Crippen LogP contribution in [0.2, 0.25) is 0 Å². The number of rotatable bonds is 4. The van der Waals surface area contributed by atoms with Gasteiger partial charge in [-0.15, -0.1) is 0 Å². The summed E-state index contributed by atoms with van der Waals surface area (Å²) in [5, 5.41) is 10.4. The van der Waals surface area contributed by atoms with Crippen LogP contribution in [0.25, 0.3) is 17.3 Å². The Balaban J connectivity index is 1.53. The van der Waals surface area contributed by atoms with Crippen molar-refractivity contribution < 1.29 is 13.7 Å². The molecule has 0 fully saturated rings. The third kappa shape index (κ3) is 2.65. The molecule has 0 aromatic carbocycles. The molecule has 9 nitrogen and oxygen atoms in total. The van der Waals surface area contributed by atoms with E-state index in [1.165, 1.54) is 18.7 Å². The summed E-state index contributed by atoms with van der Waals surface area (Å²) >= 11 is 0. The van der Waals surface area contributed by atoms with Crippen molar-refractivity contribution in [2.24, 2.45) is 0 Å². The van der Waals surface area contributed by atoms with Crippen LogP contribution in [0, 0.1) is 0 Å². The first-order valence-corrected chi connectivity index (χ1v) is 6.93. The molecule has 0 aliphatic rings. The van der Waals surface area contributed by atoms with Crippen molar-refractivity contribution in [3.63, 3.8) is 0 Å². The molecule has 4 rings (SSSR count). The summed E-state index contributed by atoms with van der Waals surface area (Å²) < 4.78 is 11.8. The zero-order valence-electron chi connectivity index (χ0n) is 12.2. The topological polar surface area (TPSA) is 112 Å². The van der Waals surface area contributed by atoms with Crippen LogP contribution in [-0.2, 0) is 0 Å². The highest BCUT2D eigenvalue weighted by Crippen LogP contribution is 2.21. The minimum absolute atomic E-state index is 0.112. The molecule has 4 aromatic heterocycles. The van der Waals surface area contributed by atoms with E-state index in [-0.39, 0.29) is 5.69 Å². The summed E-state index contributed by atoms with van der Waals surface area (Å²) in [4.78, 5) is 20.3. The number of carbonyl (C=O) groups is 1. The minimum atomic E-state index is -0.457. The Bertz CT molecular complexity index is 959. The van der Waals surface area contributed by atoms with Crippen molar-refractivity contribution in [3.8, 4) is 17.3 Å². The van der Waals surface area contributed by atoms with E-state index in [4.69, 9.17) is 8.94 Å². The summed E-state index contributed by atoms with van der Waals surface area (Å²) in [6.07, 6.45) is 6.21. The molecule has 0 unspecified atom stereocenters. The highest BCUT2D eigenvalue weighted by molar-refractivity contribution is 6.02. The van der Waals surface area contributed by atoms with Gasteiger partial charge in [0.05, 0.1) is 6.26 Å². The molecule has 1 amide bonds. The zero-order chi connectivity index (χ0) is 16.4. The maximum Gasteiger partial charge on any atom is 0.279 e. The number of amides is 1. The maximum absolute atomic E-state index is 12.2. The summed E-state index contributed by atoms with van der Waals surface area (Å²) in [5.74, 6) is 1.25. The molecule has 0 saturated carbocycles. The highest BCUT2D eigenvalue weighted by atomic mass is 16.5. The number of nitrogens with one attached hydrogen (secondary N) is 1. The molecular formula is C15H10N6O3. The van der Waals surface area contributed by atoms with Gasteiger partial charge in [0.1, 0.15) is 12.1 Å². The largest absolute Gasteiger partial charge is 0.461 e. The van der Waals surface area contributed by atoms with E-state index in [2.05, 4.69) is 25.5 Å². The molecular weight excluding hydrogens is 312 g/mol. The number of hydrogen-bond donors (Lipinski definition) is 1. The van der Waals surface area contributed by atoms with Crippen molar-refractivity contribution >= 4 is 11.7 Å². The van der Waals surface area contributed by atoms with Gasteiger partial charge in [-0.3, -0.25) is 4.79 Å². The molecule has 4 heterocycles. The van der Waals surface area contributed by atoms with Crippen molar-refractivity contribution in [1.29, 1.82) is 0 Å².